The molecule has 0 radical (unpaired) electrons. The largest absolute Gasteiger partial charge is 0.207 e. The van der Waals surface area contributed by atoms with Crippen LogP contribution >= 0.6 is 75.1 Å². The number of halogens is 5. The van der Waals surface area contributed by atoms with E-state index in [1.807, 2.05) is 12.1 Å². The first-order chi connectivity index (χ1) is 7.97. The van der Waals surface area contributed by atoms with Gasteiger partial charge in [0.1, 0.15) is 5.82 Å². The lowest BCUT2D eigenvalue weighted by atomic mass is 10.1. The lowest BCUT2D eigenvalue weighted by molar-refractivity contribution is 0.625. The molecule has 90 valence electrons. The van der Waals surface area contributed by atoms with Crippen molar-refractivity contribution in [3.8, 4) is 0 Å². The monoisotopic (exact) mass is 504 g/mol. The minimum absolute atomic E-state index is 0.0119. The summed E-state index contributed by atoms with van der Waals surface area (Å²) in [7, 11) is 0. The highest BCUT2D eigenvalue weighted by Crippen LogP contribution is 2.41. The number of benzene rings is 1. The van der Waals surface area contributed by atoms with Crippen molar-refractivity contribution in [2.75, 3.05) is 0 Å². The second-order valence-electron chi connectivity index (χ2n) is 3.34. The van der Waals surface area contributed by atoms with Gasteiger partial charge in [0, 0.05) is 13.8 Å². The van der Waals surface area contributed by atoms with E-state index in [4.69, 9.17) is 0 Å². The molecular weight excluding hydrogens is 503 g/mol. The van der Waals surface area contributed by atoms with Gasteiger partial charge in [-0.05, 0) is 61.7 Å². The van der Waals surface area contributed by atoms with Crippen LogP contribution in [-0.4, -0.2) is 0 Å². The fourth-order valence-corrected chi connectivity index (χ4v) is 4.63. The average molecular weight is 508 g/mol. The zero-order chi connectivity index (χ0) is 12.6. The first kappa shape index (κ1) is 14.2. The van der Waals surface area contributed by atoms with Gasteiger partial charge in [-0.15, -0.1) is 11.3 Å². The van der Waals surface area contributed by atoms with E-state index in [1.54, 1.807) is 11.3 Å². The van der Waals surface area contributed by atoms with E-state index in [1.165, 1.54) is 12.1 Å². The third-order valence-corrected chi connectivity index (χ3v) is 7.20. The Labute approximate surface area is 136 Å². The maximum atomic E-state index is 13.3. The molecule has 1 atom stereocenters. The summed E-state index contributed by atoms with van der Waals surface area (Å²) in [4.78, 5) is 1.10. The van der Waals surface area contributed by atoms with Crippen molar-refractivity contribution in [1.29, 1.82) is 0 Å². The molecule has 1 heterocycles. The van der Waals surface area contributed by atoms with Gasteiger partial charge in [0.15, 0.2) is 0 Å². The molecule has 0 fully saturated rings. The maximum Gasteiger partial charge on any atom is 0.124 e. The Bertz CT molecular complexity index is 513. The highest BCUT2D eigenvalue weighted by molar-refractivity contribution is 9.13. The van der Waals surface area contributed by atoms with Gasteiger partial charge < -0.3 is 0 Å². The van der Waals surface area contributed by atoms with Gasteiger partial charge in [-0.2, -0.15) is 0 Å². The Kier molecular flexibility index (Phi) is 4.86. The Morgan fingerprint density at radius 3 is 2.29 bits per heavy atom. The number of hydrogen-bond acceptors (Lipinski definition) is 1. The van der Waals surface area contributed by atoms with E-state index in [9.17, 15) is 4.39 Å². The molecule has 2 rings (SSSR count). The zero-order valence-corrected chi connectivity index (χ0v) is 15.3. The lowest BCUT2D eigenvalue weighted by Gasteiger charge is -2.08. The summed E-state index contributed by atoms with van der Waals surface area (Å²) < 4.78 is 16.1. The second kappa shape index (κ2) is 5.82. The second-order valence-corrected chi connectivity index (χ2v) is 8.42. The molecule has 1 aromatic heterocycles. The molecule has 0 bridgehead atoms. The summed E-state index contributed by atoms with van der Waals surface area (Å²) in [6.45, 7) is 0. The van der Waals surface area contributed by atoms with Crippen molar-refractivity contribution < 1.29 is 4.39 Å². The third-order valence-electron chi connectivity index (χ3n) is 2.09. The Hall–Kier alpha value is 0.770. The van der Waals surface area contributed by atoms with Gasteiger partial charge in [0.25, 0.3) is 0 Å². The SMILES string of the molecule is Fc1cc(Br)cc(C(Br)c2cc(Br)c(Br)s2)c1. The van der Waals surface area contributed by atoms with Crippen molar-refractivity contribution >= 4 is 75.1 Å². The van der Waals surface area contributed by atoms with Crippen molar-refractivity contribution in [2.45, 2.75) is 4.83 Å². The normalized spacial score (nSPS) is 12.8. The number of alkyl halides is 1. The highest BCUT2D eigenvalue weighted by Gasteiger charge is 2.16. The Morgan fingerprint density at radius 1 is 1.06 bits per heavy atom. The summed E-state index contributed by atoms with van der Waals surface area (Å²) in [6, 6.07) is 6.91. The van der Waals surface area contributed by atoms with Crippen LogP contribution in [0, 0.1) is 5.82 Å². The predicted octanol–water partition coefficient (Wildman–Crippen LogP) is 6.66. The zero-order valence-electron chi connectivity index (χ0n) is 8.18. The minimum Gasteiger partial charge on any atom is -0.207 e. The van der Waals surface area contributed by atoms with Crippen LogP contribution in [0.25, 0.3) is 0 Å². The van der Waals surface area contributed by atoms with E-state index < -0.39 is 0 Å². The topological polar surface area (TPSA) is 0 Å². The first-order valence-corrected chi connectivity index (χ1v) is 8.63. The molecule has 0 nitrogen and oxygen atoms in total. The van der Waals surface area contributed by atoms with Crippen molar-refractivity contribution in [3.05, 3.63) is 53.3 Å². The van der Waals surface area contributed by atoms with E-state index in [0.29, 0.717) is 0 Å². The Balaban J connectivity index is 2.39. The number of thiophene rings is 1. The van der Waals surface area contributed by atoms with Crippen LogP contribution in [0.4, 0.5) is 4.39 Å². The van der Waals surface area contributed by atoms with Gasteiger partial charge in [-0.1, -0.05) is 31.9 Å². The fourth-order valence-electron chi connectivity index (χ4n) is 1.37. The summed E-state index contributed by atoms with van der Waals surface area (Å²) in [5.41, 5.74) is 0.887. The highest BCUT2D eigenvalue weighted by atomic mass is 79.9. The molecule has 6 heteroatoms. The van der Waals surface area contributed by atoms with Gasteiger partial charge >= 0.3 is 0 Å². The van der Waals surface area contributed by atoms with Gasteiger partial charge in [-0.3, -0.25) is 0 Å². The summed E-state index contributed by atoms with van der Waals surface area (Å²) in [5.74, 6) is -0.242. The van der Waals surface area contributed by atoms with Crippen LogP contribution in [0.1, 0.15) is 15.3 Å². The molecule has 0 aliphatic heterocycles. The van der Waals surface area contributed by atoms with E-state index >= 15 is 0 Å². The van der Waals surface area contributed by atoms with E-state index in [-0.39, 0.29) is 10.6 Å². The molecule has 0 spiro atoms. The molecule has 2 aromatic rings. The first-order valence-electron chi connectivity index (χ1n) is 4.52. The molecule has 1 aromatic carbocycles. The van der Waals surface area contributed by atoms with E-state index in [2.05, 4.69) is 63.7 Å². The van der Waals surface area contributed by atoms with Crippen LogP contribution in [0.3, 0.4) is 0 Å². The number of rotatable bonds is 2. The molecule has 0 saturated heterocycles. The average Bonchev–Trinajstić information content (AvgIpc) is 2.57. The molecule has 1 unspecified atom stereocenters. The van der Waals surface area contributed by atoms with Crippen LogP contribution in [0.15, 0.2) is 37.0 Å². The summed E-state index contributed by atoms with van der Waals surface area (Å²) in [6.07, 6.45) is 0. The molecular formula is C11H5Br4FS. The molecule has 0 aliphatic carbocycles. The standard InChI is InChI=1S/C11H5Br4FS/c12-6-1-5(2-7(16)3-6)10(14)9-4-8(13)11(15)17-9/h1-4,10H. The van der Waals surface area contributed by atoms with Gasteiger partial charge in [0.05, 0.1) is 8.61 Å². The maximum absolute atomic E-state index is 13.3. The minimum atomic E-state index is -0.242. The predicted molar refractivity (Wildman–Crippen MR) is 84.6 cm³/mol. The molecule has 0 aliphatic rings. The fraction of sp³-hybridized carbons (Fsp3) is 0.0909. The van der Waals surface area contributed by atoms with Crippen LogP contribution in [0.5, 0.6) is 0 Å². The summed E-state index contributed by atoms with van der Waals surface area (Å²) >= 11 is 15.4. The van der Waals surface area contributed by atoms with Crippen LogP contribution < -0.4 is 0 Å². The lowest BCUT2D eigenvalue weighted by Crippen LogP contribution is -1.91. The summed E-state index contributed by atoms with van der Waals surface area (Å²) in [5, 5.41) is 0. The molecule has 0 saturated carbocycles. The Morgan fingerprint density at radius 2 is 1.76 bits per heavy atom. The van der Waals surface area contributed by atoms with E-state index in [0.717, 1.165) is 23.2 Å². The smallest absolute Gasteiger partial charge is 0.124 e. The molecule has 17 heavy (non-hydrogen) atoms. The van der Waals surface area contributed by atoms with Crippen molar-refractivity contribution in [1.82, 2.24) is 0 Å². The van der Waals surface area contributed by atoms with Crippen LogP contribution in [0.2, 0.25) is 0 Å². The van der Waals surface area contributed by atoms with Crippen molar-refractivity contribution in [3.63, 3.8) is 0 Å². The quantitative estimate of drug-likeness (QED) is 0.399. The van der Waals surface area contributed by atoms with Crippen LogP contribution in [-0.2, 0) is 0 Å². The number of hydrogen-bond donors (Lipinski definition) is 0. The van der Waals surface area contributed by atoms with Crippen molar-refractivity contribution in [2.24, 2.45) is 0 Å². The van der Waals surface area contributed by atoms with Gasteiger partial charge in [0.2, 0.25) is 0 Å². The third kappa shape index (κ3) is 3.41. The molecule has 0 amide bonds. The molecule has 0 N–H and O–H groups in total. The van der Waals surface area contributed by atoms with Gasteiger partial charge in [-0.25, -0.2) is 4.39 Å².